The fraction of sp³-hybridized carbons (Fsp3) is 0.0800. The fourth-order valence-corrected chi connectivity index (χ4v) is 3.51. The van der Waals surface area contributed by atoms with Crippen molar-refractivity contribution in [2.75, 3.05) is 11.6 Å². The van der Waals surface area contributed by atoms with Crippen molar-refractivity contribution in [3.8, 4) is 11.1 Å². The Bertz CT molecular complexity index is 1240. The first-order valence-electron chi connectivity index (χ1n) is 10.3. The van der Waals surface area contributed by atoms with Gasteiger partial charge in [-0.15, -0.1) is 0 Å². The van der Waals surface area contributed by atoms with Gasteiger partial charge in [-0.3, -0.25) is 9.80 Å². The average Bonchev–Trinajstić information content (AvgIpc) is 3.37. The zero-order valence-corrected chi connectivity index (χ0v) is 19.1. The van der Waals surface area contributed by atoms with E-state index in [0.29, 0.717) is 22.2 Å². The molecule has 6 nitrogen and oxygen atoms in total. The molecular formula is C25H21Cl2N5O. The van der Waals surface area contributed by atoms with Gasteiger partial charge in [0.05, 0.1) is 22.1 Å². The second kappa shape index (κ2) is 10.9. The maximum atomic E-state index is 12.6. The lowest BCUT2D eigenvalue weighted by atomic mass is 10.1. The van der Waals surface area contributed by atoms with Crippen LogP contribution in [-0.2, 0) is 6.42 Å². The number of nitrogens with one attached hydrogen (secondary N) is 2. The fourth-order valence-electron chi connectivity index (χ4n) is 3.21. The van der Waals surface area contributed by atoms with Crippen molar-refractivity contribution in [1.82, 2.24) is 15.4 Å². The summed E-state index contributed by atoms with van der Waals surface area (Å²) >= 11 is 12.0. The number of aromatic amines is 1. The van der Waals surface area contributed by atoms with Crippen molar-refractivity contribution in [2.45, 2.75) is 6.42 Å². The van der Waals surface area contributed by atoms with E-state index in [1.165, 1.54) is 12.4 Å². The number of hydrazine groups is 1. The predicted octanol–water partition coefficient (Wildman–Crippen LogP) is 5.81. The van der Waals surface area contributed by atoms with E-state index in [1.54, 1.807) is 29.7 Å². The van der Waals surface area contributed by atoms with Crippen LogP contribution in [0.5, 0.6) is 0 Å². The van der Waals surface area contributed by atoms with Gasteiger partial charge < -0.3 is 4.98 Å². The first-order chi connectivity index (χ1) is 16.1. The van der Waals surface area contributed by atoms with Crippen LogP contribution in [0.15, 0.2) is 90.3 Å². The molecule has 33 heavy (non-hydrogen) atoms. The molecule has 166 valence electrons. The maximum Gasteiger partial charge on any atom is 0.278 e. The molecule has 4 rings (SSSR count). The molecule has 1 amide bonds. The highest BCUT2D eigenvalue weighted by Gasteiger charge is 2.10. The number of amides is 1. The molecule has 0 saturated heterocycles. The van der Waals surface area contributed by atoms with Gasteiger partial charge in [0.2, 0.25) is 0 Å². The van der Waals surface area contributed by atoms with Gasteiger partial charge in [-0.05, 0) is 41.5 Å². The number of aliphatic imine (C=N–C) groups is 1. The third-order valence-corrected chi connectivity index (χ3v) is 5.66. The monoisotopic (exact) mass is 477 g/mol. The zero-order valence-electron chi connectivity index (χ0n) is 17.6. The molecule has 0 saturated carbocycles. The molecule has 1 heterocycles. The van der Waals surface area contributed by atoms with E-state index >= 15 is 0 Å². The van der Waals surface area contributed by atoms with Crippen molar-refractivity contribution in [3.05, 3.63) is 107 Å². The molecule has 1 aromatic heterocycles. The normalized spacial score (nSPS) is 11.1. The molecule has 0 atom stereocenters. The molecule has 0 spiro atoms. The van der Waals surface area contributed by atoms with Crippen LogP contribution in [0.2, 0.25) is 10.0 Å². The van der Waals surface area contributed by atoms with Gasteiger partial charge in [-0.1, -0.05) is 65.7 Å². The number of hydrogen-bond acceptors (Lipinski definition) is 3. The SMILES string of the molecule is O=C(N=CN(NCCc1cnc[nH]1)c1cccc(-c2ccccc2)c1)c1ccc(Cl)c(Cl)c1. The van der Waals surface area contributed by atoms with E-state index < -0.39 is 5.91 Å². The summed E-state index contributed by atoms with van der Waals surface area (Å²) in [6.07, 6.45) is 5.63. The number of H-pyrrole nitrogens is 1. The summed E-state index contributed by atoms with van der Waals surface area (Å²) in [5, 5.41) is 2.43. The Morgan fingerprint density at radius 1 is 1.00 bits per heavy atom. The van der Waals surface area contributed by atoms with E-state index in [4.69, 9.17) is 23.2 Å². The van der Waals surface area contributed by atoms with Crippen LogP contribution in [0.3, 0.4) is 0 Å². The lowest BCUT2D eigenvalue weighted by molar-refractivity contribution is 0.100. The summed E-state index contributed by atoms with van der Waals surface area (Å²) < 4.78 is 0. The van der Waals surface area contributed by atoms with Gasteiger partial charge in [0.1, 0.15) is 6.34 Å². The van der Waals surface area contributed by atoms with E-state index in [9.17, 15) is 4.79 Å². The van der Waals surface area contributed by atoms with Gasteiger partial charge >= 0.3 is 0 Å². The van der Waals surface area contributed by atoms with Gasteiger partial charge in [-0.2, -0.15) is 4.99 Å². The molecule has 0 fully saturated rings. The minimum Gasteiger partial charge on any atom is -0.348 e. The van der Waals surface area contributed by atoms with Crippen LogP contribution < -0.4 is 10.4 Å². The van der Waals surface area contributed by atoms with Gasteiger partial charge in [0, 0.05) is 30.4 Å². The van der Waals surface area contributed by atoms with E-state index in [0.717, 1.165) is 28.9 Å². The third kappa shape index (κ3) is 6.08. The Hall–Kier alpha value is -3.45. The number of anilines is 1. The first kappa shape index (κ1) is 22.7. The second-order valence-corrected chi connectivity index (χ2v) is 8.01. The quantitative estimate of drug-likeness (QED) is 0.191. The summed E-state index contributed by atoms with van der Waals surface area (Å²) in [5.74, 6) is -0.423. The number of halogens is 2. The number of benzene rings is 3. The van der Waals surface area contributed by atoms with Crippen molar-refractivity contribution >= 4 is 41.1 Å². The van der Waals surface area contributed by atoms with Crippen LogP contribution in [-0.4, -0.2) is 28.8 Å². The van der Waals surface area contributed by atoms with Crippen molar-refractivity contribution in [3.63, 3.8) is 0 Å². The molecule has 0 bridgehead atoms. The van der Waals surface area contributed by atoms with E-state index in [1.807, 2.05) is 42.5 Å². The first-order valence-corrected chi connectivity index (χ1v) is 11.0. The molecule has 4 aromatic rings. The topological polar surface area (TPSA) is 73.4 Å². The van der Waals surface area contributed by atoms with Crippen LogP contribution in [0.1, 0.15) is 16.1 Å². The number of rotatable bonds is 8. The van der Waals surface area contributed by atoms with Crippen molar-refractivity contribution < 1.29 is 4.79 Å². The molecular weight excluding hydrogens is 457 g/mol. The minimum absolute atomic E-state index is 0.308. The zero-order chi connectivity index (χ0) is 23.0. The summed E-state index contributed by atoms with van der Waals surface area (Å²) in [6, 6.07) is 22.8. The smallest absolute Gasteiger partial charge is 0.278 e. The Balaban J connectivity index is 1.56. The van der Waals surface area contributed by atoms with Crippen molar-refractivity contribution in [1.29, 1.82) is 0 Å². The van der Waals surface area contributed by atoms with Crippen LogP contribution in [0.4, 0.5) is 5.69 Å². The molecule has 0 aliphatic carbocycles. The molecule has 2 N–H and O–H groups in total. The van der Waals surface area contributed by atoms with E-state index in [-0.39, 0.29) is 0 Å². The van der Waals surface area contributed by atoms with Gasteiger partial charge in [0.25, 0.3) is 5.91 Å². The summed E-state index contributed by atoms with van der Waals surface area (Å²) in [5.41, 5.74) is 7.67. The summed E-state index contributed by atoms with van der Waals surface area (Å²) in [4.78, 5) is 23.9. The number of imidazole rings is 1. The number of carbonyl (C=O) groups is 1. The highest BCUT2D eigenvalue weighted by Crippen LogP contribution is 2.24. The maximum absolute atomic E-state index is 12.6. The number of hydrogen-bond donors (Lipinski definition) is 2. The third-order valence-electron chi connectivity index (χ3n) is 4.92. The molecule has 8 heteroatoms. The lowest BCUT2D eigenvalue weighted by Gasteiger charge is -2.21. The molecule has 0 aliphatic rings. The van der Waals surface area contributed by atoms with Crippen LogP contribution in [0.25, 0.3) is 11.1 Å². The van der Waals surface area contributed by atoms with Gasteiger partial charge in [0.15, 0.2) is 0 Å². The van der Waals surface area contributed by atoms with Crippen LogP contribution in [0, 0.1) is 0 Å². The number of nitrogens with zero attached hydrogens (tertiary/aromatic N) is 3. The van der Waals surface area contributed by atoms with Crippen molar-refractivity contribution in [2.24, 2.45) is 4.99 Å². The average molecular weight is 478 g/mol. The number of carbonyl (C=O) groups excluding carboxylic acids is 1. The molecule has 3 aromatic carbocycles. The Morgan fingerprint density at radius 2 is 1.82 bits per heavy atom. The molecule has 0 radical (unpaired) electrons. The Kier molecular flexibility index (Phi) is 7.52. The largest absolute Gasteiger partial charge is 0.348 e. The van der Waals surface area contributed by atoms with Gasteiger partial charge in [-0.25, -0.2) is 10.4 Å². The second-order valence-electron chi connectivity index (χ2n) is 7.20. The summed E-state index contributed by atoms with van der Waals surface area (Å²) in [7, 11) is 0. The Morgan fingerprint density at radius 3 is 2.58 bits per heavy atom. The Labute approximate surface area is 201 Å². The standard InChI is InChI=1S/C25H21Cl2N5O/c26-23-10-9-20(14-24(23)27)25(33)30-17-32(31-12-11-21-15-28-16-29-21)22-8-4-7-19(13-22)18-5-2-1-3-6-18/h1-10,13-17,31H,11-12H2,(H,28,29). The number of aromatic nitrogens is 2. The molecule has 0 aliphatic heterocycles. The lowest BCUT2D eigenvalue weighted by Crippen LogP contribution is -2.38. The highest BCUT2D eigenvalue weighted by atomic mass is 35.5. The highest BCUT2D eigenvalue weighted by molar-refractivity contribution is 6.42. The van der Waals surface area contributed by atoms with E-state index in [2.05, 4.69) is 32.5 Å². The minimum atomic E-state index is -0.423. The van der Waals surface area contributed by atoms with Crippen LogP contribution >= 0.6 is 23.2 Å². The predicted molar refractivity (Wildman–Crippen MR) is 134 cm³/mol. The summed E-state index contributed by atoms with van der Waals surface area (Å²) in [6.45, 7) is 0.602. The molecule has 0 unspecified atom stereocenters.